The van der Waals surface area contributed by atoms with E-state index in [1.165, 1.54) is 0 Å². The van der Waals surface area contributed by atoms with Gasteiger partial charge in [0.2, 0.25) is 5.91 Å². The second-order valence-electron chi connectivity index (χ2n) is 6.05. The third kappa shape index (κ3) is 4.23. The summed E-state index contributed by atoms with van der Waals surface area (Å²) in [5.41, 5.74) is -0.0545. The Kier molecular flexibility index (Phi) is 6.14. The van der Waals surface area contributed by atoms with Crippen LogP contribution in [0.3, 0.4) is 0 Å². The maximum atomic E-state index is 12.8. The monoisotopic (exact) mass is 334 g/mol. The molecule has 1 aromatic heterocycles. The fraction of sp³-hybridized carbons (Fsp3) is 0.588. The first-order valence-corrected chi connectivity index (χ1v) is 8.23. The standard InChI is InChI=1S/C17H26N4O3/c1-18-14-7-4-6-13(20-14)16(23)21-11-5-9-17(12-21,24-3)10-8-15(22)19-2/h4,6-7H,5,8-12H2,1-3H3,(H,18,20)(H,19,22)/t17-/m1/s1. The summed E-state index contributed by atoms with van der Waals surface area (Å²) in [4.78, 5) is 30.4. The Labute approximate surface area is 142 Å². The van der Waals surface area contributed by atoms with E-state index in [-0.39, 0.29) is 11.8 Å². The fourth-order valence-electron chi connectivity index (χ4n) is 3.07. The van der Waals surface area contributed by atoms with Crippen LogP contribution >= 0.6 is 0 Å². The van der Waals surface area contributed by atoms with Crippen molar-refractivity contribution < 1.29 is 14.3 Å². The van der Waals surface area contributed by atoms with Gasteiger partial charge in [0.15, 0.2) is 0 Å². The predicted molar refractivity (Wildman–Crippen MR) is 92.0 cm³/mol. The smallest absolute Gasteiger partial charge is 0.272 e. The minimum absolute atomic E-state index is 0.0155. The number of piperidine rings is 1. The molecule has 1 aliphatic rings. The van der Waals surface area contributed by atoms with Crippen molar-refractivity contribution in [2.75, 3.05) is 39.6 Å². The van der Waals surface area contributed by atoms with Gasteiger partial charge in [-0.25, -0.2) is 4.98 Å². The molecule has 0 bridgehead atoms. The number of rotatable bonds is 6. The lowest BCUT2D eigenvalue weighted by atomic mass is 9.87. The molecule has 1 aliphatic heterocycles. The molecule has 2 rings (SSSR count). The summed E-state index contributed by atoms with van der Waals surface area (Å²) in [6, 6.07) is 5.34. The van der Waals surface area contributed by atoms with E-state index >= 15 is 0 Å². The Morgan fingerprint density at radius 1 is 1.38 bits per heavy atom. The second-order valence-corrected chi connectivity index (χ2v) is 6.05. The number of amides is 2. The average Bonchev–Trinajstić information content (AvgIpc) is 2.65. The number of anilines is 1. The molecule has 0 aliphatic carbocycles. The summed E-state index contributed by atoms with van der Waals surface area (Å²) in [7, 11) is 5.04. The van der Waals surface area contributed by atoms with Crippen molar-refractivity contribution in [1.29, 1.82) is 0 Å². The van der Waals surface area contributed by atoms with E-state index in [1.807, 2.05) is 12.1 Å². The predicted octanol–water partition coefficient (Wildman–Crippen LogP) is 1.27. The first-order valence-electron chi connectivity index (χ1n) is 8.23. The van der Waals surface area contributed by atoms with Gasteiger partial charge in [-0.1, -0.05) is 6.07 Å². The first kappa shape index (κ1) is 18.2. The van der Waals surface area contributed by atoms with Crippen molar-refractivity contribution in [3.63, 3.8) is 0 Å². The third-order valence-corrected chi connectivity index (χ3v) is 4.57. The third-order valence-electron chi connectivity index (χ3n) is 4.57. The normalized spacial score (nSPS) is 20.5. The largest absolute Gasteiger partial charge is 0.376 e. The Bertz CT molecular complexity index is 593. The molecule has 0 radical (unpaired) electrons. The topological polar surface area (TPSA) is 83.6 Å². The van der Waals surface area contributed by atoms with Gasteiger partial charge in [-0.05, 0) is 31.4 Å². The molecule has 1 atom stereocenters. The molecule has 2 heterocycles. The molecule has 24 heavy (non-hydrogen) atoms. The van der Waals surface area contributed by atoms with Gasteiger partial charge < -0.3 is 20.3 Å². The highest BCUT2D eigenvalue weighted by Crippen LogP contribution is 2.30. The summed E-state index contributed by atoms with van der Waals surface area (Å²) in [5, 5.41) is 5.57. The molecular formula is C17H26N4O3. The lowest BCUT2D eigenvalue weighted by Gasteiger charge is -2.41. The number of nitrogens with zero attached hydrogens (tertiary/aromatic N) is 2. The maximum absolute atomic E-state index is 12.8. The quantitative estimate of drug-likeness (QED) is 0.818. The van der Waals surface area contributed by atoms with Gasteiger partial charge in [0.1, 0.15) is 11.5 Å². The van der Waals surface area contributed by atoms with Crippen LogP contribution in [0.5, 0.6) is 0 Å². The van der Waals surface area contributed by atoms with Crippen LogP contribution < -0.4 is 10.6 Å². The number of nitrogens with one attached hydrogen (secondary N) is 2. The molecule has 1 fully saturated rings. The molecule has 0 aromatic carbocycles. The number of aromatic nitrogens is 1. The molecule has 1 aromatic rings. The van der Waals surface area contributed by atoms with Gasteiger partial charge in [0.05, 0.1) is 12.1 Å². The highest BCUT2D eigenvalue weighted by molar-refractivity contribution is 5.92. The number of ether oxygens (including phenoxy) is 1. The lowest BCUT2D eigenvalue weighted by molar-refractivity contribution is -0.123. The summed E-state index contributed by atoms with van der Waals surface area (Å²) in [6.45, 7) is 1.15. The van der Waals surface area contributed by atoms with Gasteiger partial charge >= 0.3 is 0 Å². The van der Waals surface area contributed by atoms with Crippen molar-refractivity contribution >= 4 is 17.6 Å². The van der Waals surface area contributed by atoms with Crippen LogP contribution in [0.2, 0.25) is 0 Å². The average molecular weight is 334 g/mol. The highest BCUT2D eigenvalue weighted by atomic mass is 16.5. The van der Waals surface area contributed by atoms with Gasteiger partial charge in [-0.3, -0.25) is 9.59 Å². The summed E-state index contributed by atoms with van der Waals surface area (Å²) < 4.78 is 5.73. The minimum Gasteiger partial charge on any atom is -0.376 e. The van der Waals surface area contributed by atoms with E-state index < -0.39 is 5.60 Å². The maximum Gasteiger partial charge on any atom is 0.272 e. The van der Waals surface area contributed by atoms with Crippen LogP contribution in [-0.2, 0) is 9.53 Å². The molecule has 0 spiro atoms. The van der Waals surface area contributed by atoms with E-state index in [0.717, 1.165) is 12.8 Å². The summed E-state index contributed by atoms with van der Waals surface area (Å²) >= 11 is 0. The van der Waals surface area contributed by atoms with Crippen molar-refractivity contribution in [2.45, 2.75) is 31.3 Å². The number of carbonyl (C=O) groups is 2. The molecule has 0 saturated carbocycles. The van der Waals surface area contributed by atoms with Crippen LogP contribution in [-0.4, -0.2) is 61.6 Å². The minimum atomic E-state index is -0.471. The van der Waals surface area contributed by atoms with E-state index in [0.29, 0.717) is 37.4 Å². The number of carbonyl (C=O) groups excluding carboxylic acids is 2. The van der Waals surface area contributed by atoms with Gasteiger partial charge in [0, 0.05) is 34.2 Å². The van der Waals surface area contributed by atoms with E-state index in [1.54, 1.807) is 32.2 Å². The van der Waals surface area contributed by atoms with Crippen molar-refractivity contribution in [1.82, 2.24) is 15.2 Å². The summed E-state index contributed by atoms with van der Waals surface area (Å²) in [6.07, 6.45) is 2.67. The second kappa shape index (κ2) is 8.10. The molecule has 132 valence electrons. The van der Waals surface area contributed by atoms with Gasteiger partial charge in [-0.15, -0.1) is 0 Å². The Morgan fingerprint density at radius 2 is 2.17 bits per heavy atom. The number of hydrogen-bond donors (Lipinski definition) is 2. The SMILES string of the molecule is CNC(=O)CC[C@]1(OC)CCCN(C(=O)c2cccc(NC)n2)C1. The Hall–Kier alpha value is -2.15. The fourth-order valence-corrected chi connectivity index (χ4v) is 3.07. The molecule has 1 saturated heterocycles. The zero-order chi connectivity index (χ0) is 17.6. The zero-order valence-electron chi connectivity index (χ0n) is 14.6. The van der Waals surface area contributed by atoms with Crippen molar-refractivity contribution in [2.24, 2.45) is 0 Å². The molecule has 2 amide bonds. The van der Waals surface area contributed by atoms with E-state index in [9.17, 15) is 9.59 Å². The highest BCUT2D eigenvalue weighted by Gasteiger charge is 2.37. The molecule has 7 nitrogen and oxygen atoms in total. The van der Waals surface area contributed by atoms with Crippen LogP contribution in [0, 0.1) is 0 Å². The summed E-state index contributed by atoms with van der Waals surface area (Å²) in [5.74, 6) is 0.543. The molecule has 2 N–H and O–H groups in total. The van der Waals surface area contributed by atoms with E-state index in [4.69, 9.17) is 4.74 Å². The van der Waals surface area contributed by atoms with Crippen molar-refractivity contribution in [3.8, 4) is 0 Å². The molecular weight excluding hydrogens is 308 g/mol. The van der Waals surface area contributed by atoms with E-state index in [2.05, 4.69) is 15.6 Å². The lowest BCUT2D eigenvalue weighted by Crippen LogP contribution is -2.51. The van der Waals surface area contributed by atoms with Crippen LogP contribution in [0.25, 0.3) is 0 Å². The number of pyridine rings is 1. The zero-order valence-corrected chi connectivity index (χ0v) is 14.6. The molecule has 7 heteroatoms. The van der Waals surface area contributed by atoms with Gasteiger partial charge in [0.25, 0.3) is 5.91 Å². The van der Waals surface area contributed by atoms with Crippen LogP contribution in [0.15, 0.2) is 18.2 Å². The first-order chi connectivity index (χ1) is 11.5. The Balaban J connectivity index is 2.10. The van der Waals surface area contributed by atoms with Gasteiger partial charge in [-0.2, -0.15) is 0 Å². The van der Waals surface area contributed by atoms with Crippen molar-refractivity contribution in [3.05, 3.63) is 23.9 Å². The molecule has 0 unspecified atom stereocenters. The van der Waals surface area contributed by atoms with Crippen LogP contribution in [0.1, 0.15) is 36.2 Å². The number of hydrogen-bond acceptors (Lipinski definition) is 5. The van der Waals surface area contributed by atoms with Crippen LogP contribution in [0.4, 0.5) is 5.82 Å². The number of methoxy groups -OCH3 is 1. The Morgan fingerprint density at radius 3 is 2.83 bits per heavy atom. The number of likely N-dealkylation sites (tertiary alicyclic amines) is 1.